The number of aromatic nitrogens is 2. The quantitative estimate of drug-likeness (QED) is 0.684. The molecule has 7 heteroatoms. The van der Waals surface area contributed by atoms with E-state index in [0.717, 1.165) is 5.56 Å². The van der Waals surface area contributed by atoms with Gasteiger partial charge in [-0.25, -0.2) is 4.39 Å². The normalized spacial score (nSPS) is 11.9. The summed E-state index contributed by atoms with van der Waals surface area (Å²) >= 11 is 0. The van der Waals surface area contributed by atoms with Crippen molar-refractivity contribution < 1.29 is 19.0 Å². The molecule has 1 unspecified atom stereocenters. The van der Waals surface area contributed by atoms with E-state index in [1.54, 1.807) is 63.5 Å². The van der Waals surface area contributed by atoms with Crippen molar-refractivity contribution in [1.82, 2.24) is 15.1 Å². The van der Waals surface area contributed by atoms with Gasteiger partial charge in [0.15, 0.2) is 0 Å². The number of ether oxygens (including phenoxy) is 1. The van der Waals surface area contributed by atoms with Crippen LogP contribution in [0.15, 0.2) is 48.5 Å². The molecule has 1 heterocycles. The zero-order valence-electron chi connectivity index (χ0n) is 15.9. The molecule has 146 valence electrons. The van der Waals surface area contributed by atoms with Gasteiger partial charge in [-0.1, -0.05) is 12.1 Å². The molecule has 0 aliphatic rings. The lowest BCUT2D eigenvalue weighted by atomic mass is 10.1. The van der Waals surface area contributed by atoms with Crippen LogP contribution in [0.3, 0.4) is 0 Å². The zero-order chi connectivity index (χ0) is 20.3. The molecular weight excluding hydrogens is 361 g/mol. The minimum Gasteiger partial charge on any atom is -0.497 e. The zero-order valence-corrected chi connectivity index (χ0v) is 15.9. The summed E-state index contributed by atoms with van der Waals surface area (Å²) in [4.78, 5) is 14.1. The van der Waals surface area contributed by atoms with Gasteiger partial charge < -0.3 is 14.7 Å². The number of hydrogen-bond donors (Lipinski definition) is 2. The molecule has 0 aliphatic heterocycles. The second-order valence-corrected chi connectivity index (χ2v) is 6.61. The number of nitrogens with zero attached hydrogens (tertiary/aromatic N) is 2. The monoisotopic (exact) mass is 383 g/mol. The number of methoxy groups -OCH3 is 1. The predicted molar refractivity (Wildman–Crippen MR) is 104 cm³/mol. The van der Waals surface area contributed by atoms with Crippen molar-refractivity contribution in [2.75, 3.05) is 20.7 Å². The second-order valence-electron chi connectivity index (χ2n) is 6.61. The van der Waals surface area contributed by atoms with E-state index in [0.29, 0.717) is 28.3 Å². The van der Waals surface area contributed by atoms with E-state index in [2.05, 4.69) is 10.2 Å². The van der Waals surface area contributed by atoms with Crippen LogP contribution >= 0.6 is 0 Å². The average Bonchev–Trinajstić information content (AvgIpc) is 3.19. The molecule has 0 fully saturated rings. The minimum atomic E-state index is -0.831. The van der Waals surface area contributed by atoms with Crippen molar-refractivity contribution in [3.63, 3.8) is 0 Å². The Labute approximate surface area is 162 Å². The Morgan fingerprint density at radius 3 is 2.61 bits per heavy atom. The largest absolute Gasteiger partial charge is 0.497 e. The second kappa shape index (κ2) is 8.22. The molecule has 6 nitrogen and oxygen atoms in total. The molecule has 2 aromatic carbocycles. The van der Waals surface area contributed by atoms with Crippen LogP contribution in [-0.4, -0.2) is 46.8 Å². The lowest BCUT2D eigenvalue weighted by molar-refractivity contribution is 0.0675. The maximum Gasteiger partial charge on any atom is 0.271 e. The van der Waals surface area contributed by atoms with Crippen molar-refractivity contribution in [3.05, 3.63) is 71.2 Å². The maximum absolute atomic E-state index is 13.4. The average molecular weight is 383 g/mol. The first kappa shape index (κ1) is 19.6. The van der Waals surface area contributed by atoms with Crippen LogP contribution < -0.4 is 4.74 Å². The van der Waals surface area contributed by atoms with Gasteiger partial charge in [0.05, 0.1) is 25.5 Å². The molecule has 1 aromatic heterocycles. The van der Waals surface area contributed by atoms with Crippen molar-refractivity contribution in [2.24, 2.45) is 0 Å². The van der Waals surface area contributed by atoms with Crippen molar-refractivity contribution in [2.45, 2.75) is 13.0 Å². The number of aryl methyl sites for hydroxylation is 1. The number of amides is 1. The number of aliphatic hydroxyl groups is 1. The summed E-state index contributed by atoms with van der Waals surface area (Å²) in [6.45, 7) is 1.79. The Bertz CT molecular complexity index is 969. The molecule has 0 spiro atoms. The molecular formula is C21H22FN3O3. The minimum absolute atomic E-state index is 0.120. The highest BCUT2D eigenvalue weighted by molar-refractivity contribution is 5.93. The van der Waals surface area contributed by atoms with Crippen LogP contribution in [0.25, 0.3) is 11.3 Å². The summed E-state index contributed by atoms with van der Waals surface area (Å²) in [7, 11) is 3.18. The third-order valence-electron chi connectivity index (χ3n) is 4.56. The van der Waals surface area contributed by atoms with Crippen LogP contribution in [0.4, 0.5) is 4.39 Å². The Balaban J connectivity index is 1.69. The number of aliphatic hydroxyl groups excluding tert-OH is 1. The van der Waals surface area contributed by atoms with Crippen LogP contribution in [-0.2, 0) is 0 Å². The van der Waals surface area contributed by atoms with Gasteiger partial charge in [0.25, 0.3) is 5.91 Å². The van der Waals surface area contributed by atoms with Gasteiger partial charge >= 0.3 is 0 Å². The molecule has 3 aromatic rings. The first-order chi connectivity index (χ1) is 13.4. The number of rotatable bonds is 6. The van der Waals surface area contributed by atoms with E-state index in [1.807, 2.05) is 0 Å². The Kier molecular flexibility index (Phi) is 5.75. The van der Waals surface area contributed by atoms with Gasteiger partial charge in [-0.2, -0.15) is 5.10 Å². The maximum atomic E-state index is 13.4. The molecule has 0 bridgehead atoms. The summed E-state index contributed by atoms with van der Waals surface area (Å²) < 4.78 is 18.5. The van der Waals surface area contributed by atoms with Crippen LogP contribution in [0.1, 0.15) is 27.7 Å². The van der Waals surface area contributed by atoms with Gasteiger partial charge in [0.1, 0.15) is 17.3 Å². The number of carbonyl (C=O) groups is 1. The number of hydrogen-bond acceptors (Lipinski definition) is 4. The molecule has 0 aliphatic carbocycles. The summed E-state index contributed by atoms with van der Waals surface area (Å²) in [5.41, 5.74) is 2.76. The highest BCUT2D eigenvalue weighted by atomic mass is 19.1. The highest BCUT2D eigenvalue weighted by Crippen LogP contribution is 2.22. The Morgan fingerprint density at radius 2 is 1.96 bits per heavy atom. The SMILES string of the molecule is COc1ccc(C(O)CN(C)C(=O)c2cc(-c3ccc(F)c(C)c3)n[nH]2)cc1. The molecule has 1 atom stereocenters. The number of carbonyl (C=O) groups excluding carboxylic acids is 1. The topological polar surface area (TPSA) is 78.5 Å². The highest BCUT2D eigenvalue weighted by Gasteiger charge is 2.19. The number of H-pyrrole nitrogens is 1. The molecule has 0 saturated carbocycles. The standard InChI is InChI=1S/C21H22FN3O3/c1-13-10-15(6-9-17(13)22)18-11-19(24-23-18)21(27)25(2)12-20(26)14-4-7-16(28-3)8-5-14/h4-11,20,26H,12H2,1-3H3,(H,23,24). The third-order valence-corrected chi connectivity index (χ3v) is 4.56. The number of benzene rings is 2. The Hall–Kier alpha value is -3.19. The van der Waals surface area contributed by atoms with E-state index < -0.39 is 6.10 Å². The predicted octanol–water partition coefficient (Wildman–Crippen LogP) is 3.34. The Morgan fingerprint density at radius 1 is 1.25 bits per heavy atom. The first-order valence-corrected chi connectivity index (χ1v) is 8.78. The molecule has 0 radical (unpaired) electrons. The van der Waals surface area contributed by atoms with Crippen molar-refractivity contribution in [1.29, 1.82) is 0 Å². The van der Waals surface area contributed by atoms with Gasteiger partial charge in [0, 0.05) is 12.6 Å². The van der Waals surface area contributed by atoms with Gasteiger partial charge in [-0.3, -0.25) is 9.89 Å². The van der Waals surface area contributed by atoms with Gasteiger partial charge in [-0.15, -0.1) is 0 Å². The van der Waals surface area contributed by atoms with Gasteiger partial charge in [0.2, 0.25) is 0 Å². The van der Waals surface area contributed by atoms with Crippen molar-refractivity contribution in [3.8, 4) is 17.0 Å². The fraction of sp³-hybridized carbons (Fsp3) is 0.238. The van der Waals surface area contributed by atoms with E-state index in [9.17, 15) is 14.3 Å². The van der Waals surface area contributed by atoms with Crippen LogP contribution in [0, 0.1) is 12.7 Å². The van der Waals surface area contributed by atoms with Crippen LogP contribution in [0.5, 0.6) is 5.75 Å². The van der Waals surface area contributed by atoms with E-state index in [-0.39, 0.29) is 18.3 Å². The van der Waals surface area contributed by atoms with E-state index in [4.69, 9.17) is 4.74 Å². The summed E-state index contributed by atoms with van der Waals surface area (Å²) in [6, 6.07) is 13.3. The molecule has 0 saturated heterocycles. The smallest absolute Gasteiger partial charge is 0.271 e. The summed E-state index contributed by atoms with van der Waals surface area (Å²) in [5, 5.41) is 17.3. The third kappa shape index (κ3) is 4.20. The first-order valence-electron chi connectivity index (χ1n) is 8.78. The molecule has 3 rings (SSSR count). The fourth-order valence-electron chi connectivity index (χ4n) is 2.86. The lowest BCUT2D eigenvalue weighted by Crippen LogP contribution is -2.31. The number of nitrogens with one attached hydrogen (secondary N) is 1. The molecule has 1 amide bonds. The fourth-order valence-corrected chi connectivity index (χ4v) is 2.86. The number of likely N-dealkylation sites (N-methyl/N-ethyl adjacent to an activating group) is 1. The number of halogens is 1. The van der Waals surface area contributed by atoms with E-state index >= 15 is 0 Å². The number of aromatic amines is 1. The summed E-state index contributed by atoms with van der Waals surface area (Å²) in [6.07, 6.45) is -0.831. The van der Waals surface area contributed by atoms with E-state index in [1.165, 1.54) is 11.0 Å². The summed E-state index contributed by atoms with van der Waals surface area (Å²) in [5.74, 6) is 0.106. The van der Waals surface area contributed by atoms with Crippen LogP contribution in [0.2, 0.25) is 0 Å². The lowest BCUT2D eigenvalue weighted by Gasteiger charge is -2.20. The van der Waals surface area contributed by atoms with Gasteiger partial charge in [-0.05, 0) is 54.4 Å². The van der Waals surface area contributed by atoms with Crippen molar-refractivity contribution >= 4 is 5.91 Å². The molecule has 2 N–H and O–H groups in total. The molecule has 28 heavy (non-hydrogen) atoms.